The van der Waals surface area contributed by atoms with Crippen molar-refractivity contribution in [3.63, 3.8) is 0 Å². The van der Waals surface area contributed by atoms with E-state index in [2.05, 4.69) is 0 Å². The molecule has 0 fully saturated rings. The van der Waals surface area contributed by atoms with Crippen LogP contribution in [-0.2, 0) is 4.79 Å². The van der Waals surface area contributed by atoms with Crippen LogP contribution in [0.25, 0.3) is 0 Å². The second-order valence-electron chi connectivity index (χ2n) is 2.81. The predicted octanol–water partition coefficient (Wildman–Crippen LogP) is 0.774. The van der Waals surface area contributed by atoms with E-state index in [-0.39, 0.29) is 13.0 Å². The van der Waals surface area contributed by atoms with Gasteiger partial charge in [-0.3, -0.25) is 4.79 Å². The molecule has 1 unspecified atom stereocenters. The summed E-state index contributed by atoms with van der Waals surface area (Å²) < 4.78 is 47.9. The average Bonchev–Trinajstić information content (AvgIpc) is 2.03. The number of carbonyl (C=O) groups is 1. The molecule has 0 saturated carbocycles. The summed E-state index contributed by atoms with van der Waals surface area (Å²) in [6.45, 7) is 1.01. The SMILES string of the molecule is CC(CCO)NC(=O)C(F)(F)C(F)F. The van der Waals surface area contributed by atoms with E-state index < -0.39 is 24.3 Å². The highest BCUT2D eigenvalue weighted by atomic mass is 19.3. The Morgan fingerprint density at radius 1 is 1.50 bits per heavy atom. The molecule has 0 spiro atoms. The summed E-state index contributed by atoms with van der Waals surface area (Å²) in [7, 11) is 0. The highest BCUT2D eigenvalue weighted by molar-refractivity contribution is 5.84. The van der Waals surface area contributed by atoms with Gasteiger partial charge in [0.2, 0.25) is 0 Å². The van der Waals surface area contributed by atoms with Crippen molar-refractivity contribution in [3.05, 3.63) is 0 Å². The van der Waals surface area contributed by atoms with E-state index in [9.17, 15) is 22.4 Å². The van der Waals surface area contributed by atoms with Gasteiger partial charge in [0.05, 0.1) is 0 Å². The fourth-order valence-corrected chi connectivity index (χ4v) is 0.685. The Hall–Kier alpha value is -0.850. The largest absolute Gasteiger partial charge is 0.396 e. The predicted molar refractivity (Wildman–Crippen MR) is 40.3 cm³/mol. The van der Waals surface area contributed by atoms with Gasteiger partial charge in [0.1, 0.15) is 0 Å². The molecule has 0 saturated heterocycles. The van der Waals surface area contributed by atoms with Crippen molar-refractivity contribution in [2.45, 2.75) is 31.7 Å². The lowest BCUT2D eigenvalue weighted by Gasteiger charge is -2.18. The lowest BCUT2D eigenvalue weighted by molar-refractivity contribution is -0.170. The highest BCUT2D eigenvalue weighted by Crippen LogP contribution is 2.22. The van der Waals surface area contributed by atoms with Crippen molar-refractivity contribution < 1.29 is 27.5 Å². The van der Waals surface area contributed by atoms with E-state index in [1.807, 2.05) is 0 Å². The third-order valence-electron chi connectivity index (χ3n) is 1.52. The Morgan fingerprint density at radius 2 is 2.00 bits per heavy atom. The maximum absolute atomic E-state index is 12.3. The summed E-state index contributed by atoms with van der Waals surface area (Å²) in [4.78, 5) is 10.6. The van der Waals surface area contributed by atoms with Gasteiger partial charge in [-0.2, -0.15) is 8.78 Å². The van der Waals surface area contributed by atoms with Crippen molar-refractivity contribution in [2.75, 3.05) is 6.61 Å². The molecule has 0 aromatic heterocycles. The molecule has 7 heteroatoms. The minimum absolute atomic E-state index is 0.0328. The number of amides is 1. The molecule has 84 valence electrons. The molecule has 0 aliphatic heterocycles. The van der Waals surface area contributed by atoms with Crippen LogP contribution in [0.1, 0.15) is 13.3 Å². The van der Waals surface area contributed by atoms with Crippen molar-refractivity contribution in [1.29, 1.82) is 0 Å². The fraction of sp³-hybridized carbons (Fsp3) is 0.857. The first-order valence-electron chi connectivity index (χ1n) is 3.90. The molecule has 0 aliphatic carbocycles. The van der Waals surface area contributed by atoms with Crippen LogP contribution in [0.2, 0.25) is 0 Å². The number of rotatable bonds is 5. The van der Waals surface area contributed by atoms with E-state index >= 15 is 0 Å². The van der Waals surface area contributed by atoms with E-state index in [1.54, 1.807) is 5.32 Å². The number of hydrogen-bond donors (Lipinski definition) is 2. The van der Waals surface area contributed by atoms with Crippen molar-refractivity contribution >= 4 is 5.91 Å². The van der Waals surface area contributed by atoms with Gasteiger partial charge in [-0.15, -0.1) is 0 Å². The molecule has 2 N–H and O–H groups in total. The van der Waals surface area contributed by atoms with Gasteiger partial charge >= 0.3 is 12.3 Å². The number of nitrogens with one attached hydrogen (secondary N) is 1. The smallest absolute Gasteiger partial charge is 0.383 e. The summed E-state index contributed by atoms with van der Waals surface area (Å²) in [6, 6.07) is -0.767. The maximum atomic E-state index is 12.3. The lowest BCUT2D eigenvalue weighted by Crippen LogP contribution is -2.48. The van der Waals surface area contributed by atoms with E-state index in [0.717, 1.165) is 0 Å². The minimum atomic E-state index is -4.68. The second kappa shape index (κ2) is 5.14. The van der Waals surface area contributed by atoms with Crippen molar-refractivity contribution in [2.24, 2.45) is 0 Å². The Morgan fingerprint density at radius 3 is 2.36 bits per heavy atom. The third-order valence-corrected chi connectivity index (χ3v) is 1.52. The third kappa shape index (κ3) is 3.49. The quantitative estimate of drug-likeness (QED) is 0.668. The first-order chi connectivity index (χ1) is 6.32. The van der Waals surface area contributed by atoms with Crippen LogP contribution in [0.15, 0.2) is 0 Å². The molecule has 14 heavy (non-hydrogen) atoms. The fourth-order valence-electron chi connectivity index (χ4n) is 0.685. The van der Waals surface area contributed by atoms with Crippen LogP contribution < -0.4 is 5.32 Å². The topological polar surface area (TPSA) is 49.3 Å². The zero-order valence-electron chi connectivity index (χ0n) is 7.44. The number of carbonyl (C=O) groups excluding carboxylic acids is 1. The van der Waals surface area contributed by atoms with E-state index in [1.165, 1.54) is 6.92 Å². The lowest BCUT2D eigenvalue weighted by atomic mass is 10.2. The zero-order chi connectivity index (χ0) is 11.4. The van der Waals surface area contributed by atoms with Gasteiger partial charge in [-0.25, -0.2) is 8.78 Å². The van der Waals surface area contributed by atoms with Gasteiger partial charge in [0, 0.05) is 12.6 Å². The first kappa shape index (κ1) is 13.2. The molecule has 0 bridgehead atoms. The molecule has 1 amide bonds. The van der Waals surface area contributed by atoms with Crippen molar-refractivity contribution in [1.82, 2.24) is 5.32 Å². The van der Waals surface area contributed by atoms with Crippen LogP contribution >= 0.6 is 0 Å². The minimum Gasteiger partial charge on any atom is -0.396 e. The Labute approximate surface area is 78.1 Å². The highest BCUT2D eigenvalue weighted by Gasteiger charge is 2.49. The standard InChI is InChI=1S/C7H11F4NO2/c1-4(2-3-13)12-6(14)7(10,11)5(8)9/h4-5,13H,2-3H2,1H3,(H,12,14). The molecule has 1 atom stereocenters. The van der Waals surface area contributed by atoms with Gasteiger partial charge in [0.25, 0.3) is 5.91 Å². The second-order valence-corrected chi connectivity index (χ2v) is 2.81. The van der Waals surface area contributed by atoms with Crippen LogP contribution in [0.5, 0.6) is 0 Å². The summed E-state index contributed by atoms with van der Waals surface area (Å²) >= 11 is 0. The number of halogens is 4. The maximum Gasteiger partial charge on any atom is 0.383 e. The van der Waals surface area contributed by atoms with Gasteiger partial charge in [-0.1, -0.05) is 0 Å². The van der Waals surface area contributed by atoms with Crippen molar-refractivity contribution in [3.8, 4) is 0 Å². The number of hydrogen-bond acceptors (Lipinski definition) is 2. The molecular weight excluding hydrogens is 206 g/mol. The van der Waals surface area contributed by atoms with Gasteiger partial charge < -0.3 is 10.4 Å². The van der Waals surface area contributed by atoms with E-state index in [0.29, 0.717) is 0 Å². The Balaban J connectivity index is 4.20. The molecular formula is C7H11F4NO2. The van der Waals surface area contributed by atoms with Crippen LogP contribution in [0, 0.1) is 0 Å². The summed E-state index contributed by atoms with van der Waals surface area (Å²) in [5.41, 5.74) is 0. The van der Waals surface area contributed by atoms with Gasteiger partial charge in [-0.05, 0) is 13.3 Å². The molecule has 0 aromatic carbocycles. The molecule has 0 radical (unpaired) electrons. The Bertz CT molecular complexity index is 198. The molecule has 0 aromatic rings. The summed E-state index contributed by atoms with van der Waals surface area (Å²) in [6.07, 6.45) is -3.99. The Kier molecular flexibility index (Phi) is 4.82. The molecule has 0 aliphatic rings. The normalized spacial score (nSPS) is 14.2. The van der Waals surface area contributed by atoms with E-state index in [4.69, 9.17) is 5.11 Å². The zero-order valence-corrected chi connectivity index (χ0v) is 7.44. The number of alkyl halides is 4. The molecule has 3 nitrogen and oxygen atoms in total. The summed E-state index contributed by atoms with van der Waals surface area (Å²) in [5.74, 6) is -6.70. The van der Waals surface area contributed by atoms with Gasteiger partial charge in [0.15, 0.2) is 0 Å². The monoisotopic (exact) mass is 217 g/mol. The van der Waals surface area contributed by atoms with Crippen LogP contribution in [-0.4, -0.2) is 36.0 Å². The average molecular weight is 217 g/mol. The first-order valence-corrected chi connectivity index (χ1v) is 3.90. The molecule has 0 heterocycles. The summed E-state index contributed by atoms with van der Waals surface area (Å²) in [5, 5.41) is 10.0. The van der Waals surface area contributed by atoms with Crippen LogP contribution in [0.3, 0.4) is 0 Å². The van der Waals surface area contributed by atoms with Crippen LogP contribution in [0.4, 0.5) is 17.6 Å². The number of aliphatic hydroxyl groups is 1. The molecule has 0 rings (SSSR count). The number of aliphatic hydroxyl groups excluding tert-OH is 1.